The van der Waals surface area contributed by atoms with Gasteiger partial charge in [0.05, 0.1) is 0 Å². The van der Waals surface area contributed by atoms with E-state index in [9.17, 15) is 0 Å². The lowest BCUT2D eigenvalue weighted by Gasteiger charge is -2.05. The average Bonchev–Trinajstić information content (AvgIpc) is 1.27. The van der Waals surface area contributed by atoms with E-state index >= 15 is 0 Å². The molecule has 0 rings (SSSR count). The van der Waals surface area contributed by atoms with Gasteiger partial charge in [-0.2, -0.15) is 0 Å². The lowest BCUT2D eigenvalue weighted by molar-refractivity contribution is 0.804. The Labute approximate surface area is 50.9 Å². The summed E-state index contributed by atoms with van der Waals surface area (Å²) in [6.07, 6.45) is 1.29. The Morgan fingerprint density at radius 3 is 1.43 bits per heavy atom. The maximum Gasteiger partial charge on any atom is -0.0287 e. The molecule has 0 heterocycles. The maximum absolute atomic E-state index is 2.79. The molecule has 2 heteroatoms. The summed E-state index contributed by atoms with van der Waals surface area (Å²) in [4.78, 5) is 0. The summed E-state index contributed by atoms with van der Waals surface area (Å²) >= 11 is 0. The van der Waals surface area contributed by atoms with Crippen LogP contribution in [0.4, 0.5) is 0 Å². The Morgan fingerprint density at radius 2 is 1.43 bits per heavy atom. The molecule has 0 aromatic carbocycles. The second-order valence-electron chi connectivity index (χ2n) is 2.19. The Kier molecular flexibility index (Phi) is 4.28. The minimum Gasteiger partial charge on any atom is -0.135 e. The highest BCUT2D eigenvalue weighted by atomic mass is 31.0. The van der Waals surface area contributed by atoms with Crippen molar-refractivity contribution in [2.75, 3.05) is 0 Å². The summed E-state index contributed by atoms with van der Waals surface area (Å²) in [5.41, 5.74) is 1.54. The fraction of sp³-hybridized carbons (Fsp3) is 1.00. The summed E-state index contributed by atoms with van der Waals surface area (Å²) in [7, 11) is 5.58. The summed E-state index contributed by atoms with van der Waals surface area (Å²) in [6, 6.07) is 0. The molecule has 0 radical (unpaired) electrons. The molecule has 4 atom stereocenters. The van der Waals surface area contributed by atoms with Gasteiger partial charge < -0.3 is 0 Å². The molecule has 0 amide bonds. The van der Waals surface area contributed by atoms with Crippen molar-refractivity contribution in [1.82, 2.24) is 0 Å². The van der Waals surface area contributed by atoms with Crippen molar-refractivity contribution < 1.29 is 0 Å². The van der Waals surface area contributed by atoms with Crippen LogP contribution in [0.25, 0.3) is 0 Å². The van der Waals surface area contributed by atoms with Crippen molar-refractivity contribution in [1.29, 1.82) is 0 Å². The van der Waals surface area contributed by atoms with Gasteiger partial charge in [0.25, 0.3) is 0 Å². The molecule has 0 fully saturated rings. The van der Waals surface area contributed by atoms with E-state index in [1.54, 1.807) is 0 Å². The molecule has 0 bridgehead atoms. The van der Waals surface area contributed by atoms with E-state index in [1.807, 2.05) is 0 Å². The van der Waals surface area contributed by atoms with Gasteiger partial charge in [0.15, 0.2) is 0 Å². The highest BCUT2D eigenvalue weighted by molar-refractivity contribution is 7.18. The minimum atomic E-state index is 0.771. The van der Waals surface area contributed by atoms with Gasteiger partial charge in [0, 0.05) is 0 Å². The Hall–Kier alpha value is 0.860. The van der Waals surface area contributed by atoms with Crippen molar-refractivity contribution in [2.45, 2.75) is 31.6 Å². The van der Waals surface area contributed by atoms with E-state index in [-0.39, 0.29) is 0 Å². The van der Waals surface area contributed by atoms with E-state index in [4.69, 9.17) is 0 Å². The third kappa shape index (κ3) is 6.86. The summed E-state index contributed by atoms with van der Waals surface area (Å²) in [5, 5.41) is 0. The van der Waals surface area contributed by atoms with Gasteiger partial charge in [-0.1, -0.05) is 13.8 Å². The third-order valence-corrected chi connectivity index (χ3v) is 1.29. The van der Waals surface area contributed by atoms with Crippen LogP contribution in [0.5, 0.6) is 0 Å². The lowest BCUT2D eigenvalue weighted by atomic mass is 10.3. The topological polar surface area (TPSA) is 0 Å². The van der Waals surface area contributed by atoms with Gasteiger partial charge >= 0.3 is 0 Å². The molecule has 0 aromatic heterocycles. The zero-order valence-corrected chi connectivity index (χ0v) is 7.33. The van der Waals surface area contributed by atoms with Crippen molar-refractivity contribution in [3.05, 3.63) is 0 Å². The SMILES string of the molecule is CC(P)CC(C)P. The summed E-state index contributed by atoms with van der Waals surface area (Å²) in [6.45, 7) is 4.43. The maximum atomic E-state index is 2.79. The molecule has 4 unspecified atom stereocenters. The van der Waals surface area contributed by atoms with E-state index in [2.05, 4.69) is 32.3 Å². The van der Waals surface area contributed by atoms with E-state index in [0.29, 0.717) is 0 Å². The molecule has 0 aliphatic carbocycles. The minimum absolute atomic E-state index is 0.771. The summed E-state index contributed by atoms with van der Waals surface area (Å²) < 4.78 is 0. The van der Waals surface area contributed by atoms with E-state index in [1.165, 1.54) is 6.42 Å². The van der Waals surface area contributed by atoms with Crippen LogP contribution in [0, 0.1) is 0 Å². The molecule has 0 aliphatic rings. The fourth-order valence-corrected chi connectivity index (χ4v) is 1.76. The van der Waals surface area contributed by atoms with Crippen LogP contribution < -0.4 is 0 Å². The van der Waals surface area contributed by atoms with Gasteiger partial charge in [-0.15, -0.1) is 18.5 Å². The van der Waals surface area contributed by atoms with Crippen LogP contribution >= 0.6 is 18.5 Å². The van der Waals surface area contributed by atoms with Crippen LogP contribution in [0.15, 0.2) is 0 Å². The Bertz CT molecular complexity index is 35.3. The molecule has 0 N–H and O–H groups in total. The molecular formula is C5H14P2. The van der Waals surface area contributed by atoms with Crippen molar-refractivity contribution in [3.8, 4) is 0 Å². The standard InChI is InChI=1S/C5H14P2/c1-4(6)3-5(2)7/h4-5H,3,6-7H2,1-2H3. The number of hydrogen-bond donors (Lipinski definition) is 0. The fourth-order valence-electron chi connectivity index (χ4n) is 0.586. The number of rotatable bonds is 2. The van der Waals surface area contributed by atoms with Gasteiger partial charge in [0.1, 0.15) is 0 Å². The first-order chi connectivity index (χ1) is 3.13. The molecular weight excluding hydrogens is 122 g/mol. The first-order valence-electron chi connectivity index (χ1n) is 2.64. The van der Waals surface area contributed by atoms with Crippen molar-refractivity contribution in [3.63, 3.8) is 0 Å². The van der Waals surface area contributed by atoms with Crippen LogP contribution in [0.3, 0.4) is 0 Å². The average molecular weight is 136 g/mol. The molecule has 0 saturated heterocycles. The first kappa shape index (κ1) is 7.86. The van der Waals surface area contributed by atoms with Crippen LogP contribution in [-0.4, -0.2) is 11.3 Å². The van der Waals surface area contributed by atoms with Crippen molar-refractivity contribution >= 4 is 18.5 Å². The normalized spacial score (nSPS) is 18.9. The predicted molar refractivity (Wildman–Crippen MR) is 43.0 cm³/mol. The Balaban J connectivity index is 2.95. The largest absolute Gasteiger partial charge is 0.135 e. The Morgan fingerprint density at radius 1 is 1.14 bits per heavy atom. The monoisotopic (exact) mass is 136 g/mol. The quantitative estimate of drug-likeness (QED) is 0.508. The third-order valence-electron chi connectivity index (χ3n) is 0.744. The molecule has 0 nitrogen and oxygen atoms in total. The molecule has 0 spiro atoms. The van der Waals surface area contributed by atoms with Crippen LogP contribution in [0.1, 0.15) is 20.3 Å². The zero-order valence-electron chi connectivity index (χ0n) is 5.02. The smallest absolute Gasteiger partial charge is 0.0287 e. The van der Waals surface area contributed by atoms with Gasteiger partial charge in [-0.3, -0.25) is 0 Å². The molecule has 0 saturated carbocycles. The van der Waals surface area contributed by atoms with Crippen molar-refractivity contribution in [2.24, 2.45) is 0 Å². The first-order valence-corrected chi connectivity index (χ1v) is 3.97. The highest BCUT2D eigenvalue weighted by Gasteiger charge is 1.95. The number of hydrogen-bond acceptors (Lipinski definition) is 0. The molecule has 44 valence electrons. The van der Waals surface area contributed by atoms with Crippen LogP contribution in [0.2, 0.25) is 0 Å². The van der Waals surface area contributed by atoms with Gasteiger partial charge in [-0.25, -0.2) is 0 Å². The van der Waals surface area contributed by atoms with Crippen LogP contribution in [-0.2, 0) is 0 Å². The zero-order chi connectivity index (χ0) is 5.86. The van der Waals surface area contributed by atoms with Gasteiger partial charge in [-0.05, 0) is 17.7 Å². The predicted octanol–water partition coefficient (Wildman–Crippen LogP) is 1.90. The second kappa shape index (κ2) is 3.81. The van der Waals surface area contributed by atoms with Gasteiger partial charge in [0.2, 0.25) is 0 Å². The van der Waals surface area contributed by atoms with E-state index < -0.39 is 0 Å². The highest BCUT2D eigenvalue weighted by Crippen LogP contribution is 2.12. The molecule has 0 aromatic rings. The summed E-state index contributed by atoms with van der Waals surface area (Å²) in [5.74, 6) is 0. The molecule has 0 aliphatic heterocycles. The lowest BCUT2D eigenvalue weighted by Crippen LogP contribution is -1.97. The molecule has 7 heavy (non-hydrogen) atoms. The second-order valence-corrected chi connectivity index (χ2v) is 4.47. The van der Waals surface area contributed by atoms with E-state index in [0.717, 1.165) is 11.3 Å².